The lowest BCUT2D eigenvalue weighted by Gasteiger charge is -2.19. The highest BCUT2D eigenvalue weighted by Gasteiger charge is 2.29. The SMILES string of the molecule is CCc1nn(C)c(CNC2CCC(C)C2C)c1Cl. The molecule has 1 heterocycles. The van der Waals surface area contributed by atoms with Crippen LogP contribution in [-0.4, -0.2) is 15.8 Å². The quantitative estimate of drug-likeness (QED) is 0.910. The molecule has 1 aromatic rings. The fourth-order valence-electron chi connectivity index (χ4n) is 2.89. The van der Waals surface area contributed by atoms with Crippen LogP contribution in [0, 0.1) is 11.8 Å². The Hall–Kier alpha value is -0.540. The third-order valence-corrected chi connectivity index (χ3v) is 4.94. The van der Waals surface area contributed by atoms with Gasteiger partial charge in [0.15, 0.2) is 0 Å². The van der Waals surface area contributed by atoms with Crippen molar-refractivity contribution in [3.63, 3.8) is 0 Å². The molecule has 0 spiro atoms. The van der Waals surface area contributed by atoms with Crippen molar-refractivity contribution in [3.8, 4) is 0 Å². The summed E-state index contributed by atoms with van der Waals surface area (Å²) in [6.45, 7) is 7.60. The van der Waals surface area contributed by atoms with Crippen molar-refractivity contribution in [2.75, 3.05) is 0 Å². The van der Waals surface area contributed by atoms with Gasteiger partial charge in [0.1, 0.15) is 0 Å². The zero-order valence-corrected chi connectivity index (χ0v) is 12.6. The third-order valence-electron chi connectivity index (χ3n) is 4.50. The van der Waals surface area contributed by atoms with Gasteiger partial charge < -0.3 is 5.32 Å². The molecular weight excluding hydrogens is 246 g/mol. The standard InChI is InChI=1S/C14H24ClN3/c1-5-11-14(15)13(18(4)17-11)8-16-12-7-6-9(2)10(12)3/h9-10,12,16H,5-8H2,1-4H3. The van der Waals surface area contributed by atoms with Crippen LogP contribution in [0.25, 0.3) is 0 Å². The predicted molar refractivity (Wildman–Crippen MR) is 75.8 cm³/mol. The van der Waals surface area contributed by atoms with E-state index in [9.17, 15) is 0 Å². The molecule has 0 bridgehead atoms. The molecule has 0 saturated heterocycles. The van der Waals surface area contributed by atoms with Gasteiger partial charge in [-0.15, -0.1) is 0 Å². The molecule has 3 nitrogen and oxygen atoms in total. The van der Waals surface area contributed by atoms with Crippen LogP contribution in [0.3, 0.4) is 0 Å². The second kappa shape index (κ2) is 5.62. The zero-order valence-electron chi connectivity index (χ0n) is 11.8. The zero-order chi connectivity index (χ0) is 13.3. The van der Waals surface area contributed by atoms with E-state index < -0.39 is 0 Å². The lowest BCUT2D eigenvalue weighted by atomic mass is 9.98. The number of nitrogens with zero attached hydrogens (tertiary/aromatic N) is 2. The average molecular weight is 270 g/mol. The molecule has 102 valence electrons. The molecule has 0 aromatic carbocycles. The average Bonchev–Trinajstić information content (AvgIpc) is 2.80. The molecule has 1 aliphatic rings. The largest absolute Gasteiger partial charge is 0.308 e. The molecule has 1 aliphatic carbocycles. The first-order valence-electron chi connectivity index (χ1n) is 6.98. The van der Waals surface area contributed by atoms with Gasteiger partial charge in [0.25, 0.3) is 0 Å². The van der Waals surface area contributed by atoms with E-state index in [-0.39, 0.29) is 0 Å². The van der Waals surface area contributed by atoms with Gasteiger partial charge in [-0.2, -0.15) is 5.10 Å². The predicted octanol–water partition coefficient (Wildman–Crippen LogP) is 3.16. The maximum atomic E-state index is 6.36. The molecule has 0 radical (unpaired) electrons. The lowest BCUT2D eigenvalue weighted by molar-refractivity contribution is 0.366. The molecule has 3 unspecified atom stereocenters. The second-order valence-electron chi connectivity index (χ2n) is 5.59. The van der Waals surface area contributed by atoms with Crippen LogP contribution in [0.5, 0.6) is 0 Å². The summed E-state index contributed by atoms with van der Waals surface area (Å²) in [5, 5.41) is 8.94. The van der Waals surface area contributed by atoms with E-state index in [0.717, 1.165) is 41.2 Å². The number of hydrogen-bond donors (Lipinski definition) is 1. The summed E-state index contributed by atoms with van der Waals surface area (Å²) in [5.74, 6) is 1.58. The highest BCUT2D eigenvalue weighted by atomic mass is 35.5. The maximum absolute atomic E-state index is 6.36. The first-order valence-corrected chi connectivity index (χ1v) is 7.36. The number of halogens is 1. The van der Waals surface area contributed by atoms with E-state index in [0.29, 0.717) is 6.04 Å². The van der Waals surface area contributed by atoms with Crippen LogP contribution < -0.4 is 5.32 Å². The van der Waals surface area contributed by atoms with Crippen LogP contribution >= 0.6 is 11.6 Å². The number of hydrogen-bond acceptors (Lipinski definition) is 2. The van der Waals surface area contributed by atoms with Gasteiger partial charge in [-0.25, -0.2) is 0 Å². The van der Waals surface area contributed by atoms with Crippen LogP contribution in [0.4, 0.5) is 0 Å². The summed E-state index contributed by atoms with van der Waals surface area (Å²) in [6, 6.07) is 0.621. The minimum atomic E-state index is 0.621. The van der Waals surface area contributed by atoms with E-state index >= 15 is 0 Å². The van der Waals surface area contributed by atoms with Gasteiger partial charge in [-0.3, -0.25) is 4.68 Å². The summed E-state index contributed by atoms with van der Waals surface area (Å²) >= 11 is 6.36. The highest BCUT2D eigenvalue weighted by molar-refractivity contribution is 6.31. The minimum absolute atomic E-state index is 0.621. The summed E-state index contributed by atoms with van der Waals surface area (Å²) < 4.78 is 1.91. The number of aryl methyl sites for hydroxylation is 2. The first-order chi connectivity index (χ1) is 8.54. The molecule has 4 heteroatoms. The Balaban J connectivity index is 2.00. The lowest BCUT2D eigenvalue weighted by Crippen LogP contribution is -2.32. The monoisotopic (exact) mass is 269 g/mol. The first kappa shape index (κ1) is 13.9. The van der Waals surface area contributed by atoms with Crippen molar-refractivity contribution >= 4 is 11.6 Å². The van der Waals surface area contributed by atoms with Gasteiger partial charge in [-0.05, 0) is 31.1 Å². The van der Waals surface area contributed by atoms with Crippen molar-refractivity contribution in [2.45, 2.75) is 52.6 Å². The molecular formula is C14H24ClN3. The van der Waals surface area contributed by atoms with Crippen LogP contribution in [0.2, 0.25) is 5.02 Å². The fraction of sp³-hybridized carbons (Fsp3) is 0.786. The molecule has 1 aromatic heterocycles. The Morgan fingerprint density at radius 2 is 2.11 bits per heavy atom. The van der Waals surface area contributed by atoms with Gasteiger partial charge in [0.05, 0.1) is 16.4 Å². The van der Waals surface area contributed by atoms with Gasteiger partial charge >= 0.3 is 0 Å². The Bertz CT molecular complexity index is 413. The maximum Gasteiger partial charge on any atom is 0.0863 e. The Morgan fingerprint density at radius 3 is 2.61 bits per heavy atom. The van der Waals surface area contributed by atoms with Crippen molar-refractivity contribution < 1.29 is 0 Å². The Kier molecular flexibility index (Phi) is 4.33. The summed E-state index contributed by atoms with van der Waals surface area (Å²) in [6.07, 6.45) is 3.50. The van der Waals surface area contributed by atoms with E-state index in [1.165, 1.54) is 12.8 Å². The van der Waals surface area contributed by atoms with Crippen molar-refractivity contribution in [3.05, 3.63) is 16.4 Å². The van der Waals surface area contributed by atoms with Gasteiger partial charge in [-0.1, -0.05) is 32.4 Å². The Labute approximate surface area is 115 Å². The number of nitrogens with one attached hydrogen (secondary N) is 1. The minimum Gasteiger partial charge on any atom is -0.308 e. The topological polar surface area (TPSA) is 29.9 Å². The van der Waals surface area contributed by atoms with E-state index in [2.05, 4.69) is 31.2 Å². The van der Waals surface area contributed by atoms with Crippen LogP contribution in [-0.2, 0) is 20.0 Å². The summed E-state index contributed by atoms with van der Waals surface area (Å²) in [7, 11) is 1.97. The molecule has 2 rings (SSSR count). The molecule has 1 saturated carbocycles. The second-order valence-corrected chi connectivity index (χ2v) is 5.96. The number of aromatic nitrogens is 2. The molecule has 0 amide bonds. The van der Waals surface area contributed by atoms with E-state index in [1.807, 2.05) is 11.7 Å². The molecule has 18 heavy (non-hydrogen) atoms. The summed E-state index contributed by atoms with van der Waals surface area (Å²) in [5.41, 5.74) is 2.11. The summed E-state index contributed by atoms with van der Waals surface area (Å²) in [4.78, 5) is 0. The van der Waals surface area contributed by atoms with Crippen LogP contribution in [0.15, 0.2) is 0 Å². The normalized spacial score (nSPS) is 27.9. The highest BCUT2D eigenvalue weighted by Crippen LogP contribution is 2.31. The number of rotatable bonds is 4. The fourth-order valence-corrected chi connectivity index (χ4v) is 3.25. The smallest absolute Gasteiger partial charge is 0.0863 e. The van der Waals surface area contributed by atoms with Crippen molar-refractivity contribution in [1.29, 1.82) is 0 Å². The van der Waals surface area contributed by atoms with Gasteiger partial charge in [0, 0.05) is 19.6 Å². The van der Waals surface area contributed by atoms with E-state index in [4.69, 9.17) is 11.6 Å². The van der Waals surface area contributed by atoms with Crippen molar-refractivity contribution in [2.24, 2.45) is 18.9 Å². The Morgan fingerprint density at radius 1 is 1.39 bits per heavy atom. The molecule has 3 atom stereocenters. The molecule has 1 fully saturated rings. The molecule has 1 N–H and O–H groups in total. The van der Waals surface area contributed by atoms with Crippen molar-refractivity contribution in [1.82, 2.24) is 15.1 Å². The van der Waals surface area contributed by atoms with Gasteiger partial charge in [0.2, 0.25) is 0 Å². The van der Waals surface area contributed by atoms with Crippen LogP contribution in [0.1, 0.15) is 45.0 Å². The van der Waals surface area contributed by atoms with E-state index in [1.54, 1.807) is 0 Å². The third kappa shape index (κ3) is 2.57. The molecule has 0 aliphatic heterocycles.